The summed E-state index contributed by atoms with van der Waals surface area (Å²) >= 11 is 18.4. The summed E-state index contributed by atoms with van der Waals surface area (Å²) in [4.78, 5) is 5.58. The smallest absolute Gasteiger partial charge is 0.146 e. The van der Waals surface area contributed by atoms with Crippen LogP contribution in [0.15, 0.2) is 31.7 Å². The van der Waals surface area contributed by atoms with E-state index < -0.39 is 0 Å². The van der Waals surface area contributed by atoms with Gasteiger partial charge in [-0.1, -0.05) is 13.8 Å². The van der Waals surface area contributed by atoms with E-state index in [-0.39, 0.29) is 3.64 Å². The number of thioether (sulfide) groups is 1. The molecule has 0 saturated heterocycles. The zero-order valence-corrected chi connectivity index (χ0v) is 17.7. The number of rotatable bonds is 4. The molecule has 2 rings (SSSR count). The third-order valence-electron chi connectivity index (χ3n) is 2.04. The Morgan fingerprint density at radius 2 is 2.00 bits per heavy atom. The quantitative estimate of drug-likeness (QED) is 0.332. The number of hydrogen-bond donors (Lipinski definition) is 0. The van der Waals surface area contributed by atoms with Crippen LogP contribution >= 0.6 is 93.9 Å². The summed E-state index contributed by atoms with van der Waals surface area (Å²) < 4.78 is 0.693. The van der Waals surface area contributed by atoms with Gasteiger partial charge < -0.3 is 0 Å². The maximum atomic E-state index is 3.68. The lowest BCUT2D eigenvalue weighted by atomic mass is 10.3. The molecule has 96 valence electrons. The SMILES string of the molecule is CC(C)Sc1ccc2c(c1SB(Br)Br)SB(Br)S2. The highest BCUT2D eigenvalue weighted by molar-refractivity contribution is 9.55. The molecule has 9 heteroatoms. The average molecular weight is 507 g/mol. The fourth-order valence-electron chi connectivity index (χ4n) is 1.49. The van der Waals surface area contributed by atoms with E-state index in [0.29, 0.717) is 9.34 Å². The van der Waals surface area contributed by atoms with Crippen molar-refractivity contribution in [3.8, 4) is 0 Å². The summed E-state index contributed by atoms with van der Waals surface area (Å²) in [5.74, 6) is 0. The Bertz CT molecular complexity index is 444. The molecular formula is C9H9B2Br3S4. The lowest BCUT2D eigenvalue weighted by Crippen LogP contribution is -1.93. The zero-order chi connectivity index (χ0) is 13.3. The van der Waals surface area contributed by atoms with Gasteiger partial charge in [0.1, 0.15) is 0 Å². The minimum absolute atomic E-state index is 0.253. The first kappa shape index (κ1) is 16.6. The van der Waals surface area contributed by atoms with Crippen molar-refractivity contribution in [2.75, 3.05) is 0 Å². The highest BCUT2D eigenvalue weighted by Crippen LogP contribution is 2.54. The second-order valence-corrected chi connectivity index (χ2v) is 15.5. The average Bonchev–Trinajstić information content (AvgIpc) is 2.61. The third-order valence-corrected chi connectivity index (χ3v) is 8.78. The van der Waals surface area contributed by atoms with Gasteiger partial charge in [0.15, 0.2) is 0 Å². The molecule has 0 fully saturated rings. The molecule has 1 aliphatic rings. The Balaban J connectivity index is 2.39. The van der Waals surface area contributed by atoms with Crippen LogP contribution in [-0.2, 0) is 0 Å². The fraction of sp³-hybridized carbons (Fsp3) is 0.333. The summed E-state index contributed by atoms with van der Waals surface area (Å²) in [6, 6.07) is 4.51. The van der Waals surface area contributed by atoms with Crippen molar-refractivity contribution < 1.29 is 0 Å². The van der Waals surface area contributed by atoms with E-state index in [1.807, 2.05) is 46.6 Å². The van der Waals surface area contributed by atoms with Gasteiger partial charge in [-0.05, 0) is 12.1 Å². The van der Waals surface area contributed by atoms with Crippen molar-refractivity contribution in [3.63, 3.8) is 0 Å². The van der Waals surface area contributed by atoms with E-state index in [9.17, 15) is 0 Å². The van der Waals surface area contributed by atoms with Crippen LogP contribution in [0.25, 0.3) is 0 Å². The van der Waals surface area contributed by atoms with Gasteiger partial charge in [-0.15, -0.1) is 93.9 Å². The van der Waals surface area contributed by atoms with Gasteiger partial charge in [-0.3, -0.25) is 0 Å². The van der Waals surface area contributed by atoms with E-state index >= 15 is 0 Å². The highest BCUT2D eigenvalue weighted by atomic mass is 79.9. The molecule has 18 heavy (non-hydrogen) atoms. The first-order chi connectivity index (χ1) is 8.47. The molecule has 0 bridgehead atoms. The molecule has 1 heterocycles. The Morgan fingerprint density at radius 3 is 2.61 bits per heavy atom. The first-order valence-corrected chi connectivity index (χ1v) is 11.5. The summed E-state index contributed by atoms with van der Waals surface area (Å²) in [6.07, 6.45) is 0. The Kier molecular flexibility index (Phi) is 6.86. The van der Waals surface area contributed by atoms with Crippen molar-refractivity contribution in [1.82, 2.24) is 0 Å². The zero-order valence-electron chi connectivity index (χ0n) is 9.65. The van der Waals surface area contributed by atoms with Crippen LogP contribution < -0.4 is 0 Å². The van der Waals surface area contributed by atoms with Crippen LogP contribution in [0.4, 0.5) is 0 Å². The molecule has 0 spiro atoms. The van der Waals surface area contributed by atoms with Gasteiger partial charge in [-0.25, -0.2) is 0 Å². The normalized spacial score (nSPS) is 14.2. The highest BCUT2D eigenvalue weighted by Gasteiger charge is 2.29. The van der Waals surface area contributed by atoms with Crippen molar-refractivity contribution >= 4 is 102 Å². The molecule has 0 atom stereocenters. The van der Waals surface area contributed by atoms with Gasteiger partial charge in [0.2, 0.25) is 0 Å². The molecule has 1 aromatic carbocycles. The van der Waals surface area contributed by atoms with Crippen molar-refractivity contribution in [3.05, 3.63) is 12.1 Å². The number of hydrogen-bond acceptors (Lipinski definition) is 4. The van der Waals surface area contributed by atoms with Crippen molar-refractivity contribution in [1.29, 1.82) is 0 Å². The predicted octanol–water partition coefficient (Wildman–Crippen LogP) is 6.63. The maximum Gasteiger partial charge on any atom is 0.365 e. The largest absolute Gasteiger partial charge is 0.365 e. The topological polar surface area (TPSA) is 0 Å². The van der Waals surface area contributed by atoms with Crippen LogP contribution in [0.5, 0.6) is 0 Å². The van der Waals surface area contributed by atoms with Crippen molar-refractivity contribution in [2.24, 2.45) is 0 Å². The first-order valence-electron chi connectivity index (χ1n) is 5.23. The molecule has 0 aliphatic carbocycles. The third kappa shape index (κ3) is 4.34. The number of benzene rings is 1. The molecule has 0 saturated carbocycles. The molecule has 1 aliphatic heterocycles. The molecule has 0 amide bonds. The molecule has 0 radical (unpaired) electrons. The standard InChI is InChI=1S/C9H9B2Br3S4/c1-5(2)15-6-3-4-7-9(18-11(14)16-7)8(6)17-10(12)13/h3-5H,1-2H3. The van der Waals surface area contributed by atoms with E-state index in [1.54, 1.807) is 0 Å². The number of halogens is 3. The molecular weight excluding hydrogens is 498 g/mol. The van der Waals surface area contributed by atoms with Crippen LogP contribution in [0.2, 0.25) is 0 Å². The summed E-state index contributed by atoms with van der Waals surface area (Å²) in [6.45, 7) is 4.47. The molecule has 1 aromatic rings. The molecule has 0 N–H and O–H groups in total. The van der Waals surface area contributed by atoms with Gasteiger partial charge in [-0.2, -0.15) is 0 Å². The van der Waals surface area contributed by atoms with Crippen LogP contribution in [0, 0.1) is 0 Å². The summed E-state index contributed by atoms with van der Waals surface area (Å²) in [5.41, 5.74) is 0. The Labute approximate surface area is 150 Å². The molecule has 0 aromatic heterocycles. The van der Waals surface area contributed by atoms with Gasteiger partial charge >= 0.3 is 7.73 Å². The van der Waals surface area contributed by atoms with E-state index in [1.165, 1.54) is 19.6 Å². The second-order valence-electron chi connectivity index (χ2n) is 3.78. The van der Waals surface area contributed by atoms with Gasteiger partial charge in [0.05, 0.1) is 0 Å². The second kappa shape index (κ2) is 7.45. The molecule has 0 nitrogen and oxygen atoms in total. The summed E-state index contributed by atoms with van der Waals surface area (Å²) in [7, 11) is 0. The maximum absolute atomic E-state index is 3.68. The minimum Gasteiger partial charge on any atom is -0.146 e. The predicted molar refractivity (Wildman–Crippen MR) is 103 cm³/mol. The number of fused-ring (bicyclic) bond motifs is 1. The lowest BCUT2D eigenvalue weighted by Gasteiger charge is -2.14. The van der Waals surface area contributed by atoms with Crippen molar-refractivity contribution in [2.45, 2.75) is 38.7 Å². The summed E-state index contributed by atoms with van der Waals surface area (Å²) in [5, 5.41) is 0.602. The van der Waals surface area contributed by atoms with Gasteiger partial charge in [0.25, 0.3) is 0 Å². The Hall–Kier alpha value is 2.19. The van der Waals surface area contributed by atoms with Crippen LogP contribution in [-0.4, -0.2) is 13.0 Å². The van der Waals surface area contributed by atoms with Crippen LogP contribution in [0.3, 0.4) is 0 Å². The van der Waals surface area contributed by atoms with E-state index in [0.717, 1.165) is 0 Å². The Morgan fingerprint density at radius 1 is 1.28 bits per heavy atom. The van der Waals surface area contributed by atoms with Gasteiger partial charge in [0, 0.05) is 24.8 Å². The minimum atomic E-state index is 0.253. The van der Waals surface area contributed by atoms with E-state index in [4.69, 9.17) is 0 Å². The lowest BCUT2D eigenvalue weighted by molar-refractivity contribution is 1.03. The molecule has 0 unspecified atom stereocenters. The van der Waals surface area contributed by atoms with Crippen LogP contribution in [0.1, 0.15) is 13.8 Å². The van der Waals surface area contributed by atoms with E-state index in [2.05, 4.69) is 73.3 Å². The fourth-order valence-corrected chi connectivity index (χ4v) is 8.15. The monoisotopic (exact) mass is 504 g/mol.